The van der Waals surface area contributed by atoms with E-state index in [-0.39, 0.29) is 5.91 Å². The average Bonchev–Trinajstić information content (AvgIpc) is 2.93. The molecule has 19 heavy (non-hydrogen) atoms. The van der Waals surface area contributed by atoms with Crippen LogP contribution >= 0.6 is 0 Å². The Morgan fingerprint density at radius 3 is 3.05 bits per heavy atom. The van der Waals surface area contributed by atoms with E-state index in [1.165, 1.54) is 6.39 Å². The molecule has 1 aromatic heterocycles. The van der Waals surface area contributed by atoms with E-state index < -0.39 is 0 Å². The molecule has 0 unspecified atom stereocenters. The van der Waals surface area contributed by atoms with Gasteiger partial charge < -0.3 is 14.6 Å². The third kappa shape index (κ3) is 2.76. The summed E-state index contributed by atoms with van der Waals surface area (Å²) in [6, 6.07) is 5.91. The Morgan fingerprint density at radius 1 is 1.37 bits per heavy atom. The van der Waals surface area contributed by atoms with Gasteiger partial charge in [-0.2, -0.15) is 0 Å². The van der Waals surface area contributed by atoms with Gasteiger partial charge in [0.25, 0.3) is 0 Å². The van der Waals surface area contributed by atoms with Gasteiger partial charge in [-0.3, -0.25) is 4.79 Å². The zero-order chi connectivity index (χ0) is 13.1. The molecule has 1 aliphatic rings. The van der Waals surface area contributed by atoms with Crippen molar-refractivity contribution in [3.8, 4) is 0 Å². The summed E-state index contributed by atoms with van der Waals surface area (Å²) in [5, 5.41) is 3.25. The second-order valence-corrected chi connectivity index (χ2v) is 4.79. The summed E-state index contributed by atoms with van der Waals surface area (Å²) in [4.78, 5) is 18.1. The predicted molar refractivity (Wildman–Crippen MR) is 71.8 cm³/mol. The molecule has 0 saturated carbocycles. The molecule has 1 aromatic carbocycles. The summed E-state index contributed by atoms with van der Waals surface area (Å²) < 4.78 is 5.27. The van der Waals surface area contributed by atoms with Crippen molar-refractivity contribution in [3.05, 3.63) is 30.2 Å². The minimum atomic E-state index is 0.235. The van der Waals surface area contributed by atoms with E-state index in [2.05, 4.69) is 10.3 Å². The Balaban J connectivity index is 1.60. The standard InChI is InChI=1S/C14H17N3O2/c18-14(17-7-5-15-6-8-17)4-2-11-1-3-12-13(9-11)19-10-16-12/h1,3,9-10,15H,2,4-8H2. The molecule has 3 rings (SSSR count). The van der Waals surface area contributed by atoms with Crippen molar-refractivity contribution in [3.63, 3.8) is 0 Å². The topological polar surface area (TPSA) is 58.4 Å². The summed E-state index contributed by atoms with van der Waals surface area (Å²) in [7, 11) is 0. The maximum absolute atomic E-state index is 12.0. The van der Waals surface area contributed by atoms with Crippen molar-refractivity contribution >= 4 is 17.0 Å². The average molecular weight is 259 g/mol. The van der Waals surface area contributed by atoms with Gasteiger partial charge in [0.1, 0.15) is 5.52 Å². The Hall–Kier alpha value is -1.88. The minimum Gasteiger partial charge on any atom is -0.443 e. The first-order valence-electron chi connectivity index (χ1n) is 6.63. The molecule has 0 aliphatic carbocycles. The molecule has 1 N–H and O–H groups in total. The van der Waals surface area contributed by atoms with Crippen LogP contribution < -0.4 is 5.32 Å². The summed E-state index contributed by atoms with van der Waals surface area (Å²) in [6.07, 6.45) is 2.75. The van der Waals surface area contributed by atoms with Gasteiger partial charge in [0.05, 0.1) is 0 Å². The van der Waals surface area contributed by atoms with Crippen LogP contribution in [0.1, 0.15) is 12.0 Å². The maximum Gasteiger partial charge on any atom is 0.222 e. The lowest BCUT2D eigenvalue weighted by atomic mass is 10.1. The molecule has 0 radical (unpaired) electrons. The lowest BCUT2D eigenvalue weighted by molar-refractivity contribution is -0.131. The quantitative estimate of drug-likeness (QED) is 0.899. The number of aryl methyl sites for hydroxylation is 1. The first-order valence-corrected chi connectivity index (χ1v) is 6.63. The number of hydrogen-bond donors (Lipinski definition) is 1. The molecule has 1 fully saturated rings. The molecular formula is C14H17N3O2. The third-order valence-corrected chi connectivity index (χ3v) is 3.49. The molecule has 1 saturated heterocycles. The van der Waals surface area contributed by atoms with E-state index in [9.17, 15) is 4.79 Å². The van der Waals surface area contributed by atoms with Crippen LogP contribution in [0.15, 0.2) is 29.0 Å². The minimum absolute atomic E-state index is 0.235. The lowest BCUT2D eigenvalue weighted by Crippen LogP contribution is -2.46. The molecule has 2 aromatic rings. The Morgan fingerprint density at radius 2 is 2.21 bits per heavy atom. The zero-order valence-corrected chi connectivity index (χ0v) is 10.8. The first kappa shape index (κ1) is 12.2. The van der Waals surface area contributed by atoms with Crippen molar-refractivity contribution in [2.24, 2.45) is 0 Å². The highest BCUT2D eigenvalue weighted by Gasteiger charge is 2.15. The van der Waals surface area contributed by atoms with Crippen LogP contribution in [0.3, 0.4) is 0 Å². The summed E-state index contributed by atoms with van der Waals surface area (Å²) in [6.45, 7) is 3.44. The van der Waals surface area contributed by atoms with Crippen molar-refractivity contribution in [2.45, 2.75) is 12.8 Å². The monoisotopic (exact) mass is 259 g/mol. The van der Waals surface area contributed by atoms with Crippen LogP contribution in [0.4, 0.5) is 0 Å². The number of benzene rings is 1. The molecule has 100 valence electrons. The van der Waals surface area contributed by atoms with Crippen LogP contribution in [0.25, 0.3) is 11.1 Å². The van der Waals surface area contributed by atoms with Gasteiger partial charge in [-0.05, 0) is 24.1 Å². The Bertz CT molecular complexity index is 573. The maximum atomic E-state index is 12.0. The highest BCUT2D eigenvalue weighted by atomic mass is 16.3. The zero-order valence-electron chi connectivity index (χ0n) is 10.8. The fraction of sp³-hybridized carbons (Fsp3) is 0.429. The largest absolute Gasteiger partial charge is 0.443 e. The summed E-state index contributed by atoms with van der Waals surface area (Å²) in [5.74, 6) is 0.235. The van der Waals surface area contributed by atoms with Gasteiger partial charge in [-0.1, -0.05) is 6.07 Å². The van der Waals surface area contributed by atoms with Crippen molar-refractivity contribution in [2.75, 3.05) is 26.2 Å². The van der Waals surface area contributed by atoms with Gasteiger partial charge in [-0.15, -0.1) is 0 Å². The van der Waals surface area contributed by atoms with Crippen LogP contribution in [0, 0.1) is 0 Å². The molecule has 1 amide bonds. The van der Waals surface area contributed by atoms with Crippen LogP contribution in [-0.2, 0) is 11.2 Å². The van der Waals surface area contributed by atoms with Crippen LogP contribution in [0.2, 0.25) is 0 Å². The number of amides is 1. The summed E-state index contributed by atoms with van der Waals surface area (Å²) in [5.41, 5.74) is 2.76. The number of piperazine rings is 1. The molecule has 5 heteroatoms. The smallest absolute Gasteiger partial charge is 0.222 e. The van der Waals surface area contributed by atoms with Crippen LogP contribution in [0.5, 0.6) is 0 Å². The first-order chi connectivity index (χ1) is 9.33. The fourth-order valence-corrected chi connectivity index (χ4v) is 2.38. The van der Waals surface area contributed by atoms with Gasteiger partial charge >= 0.3 is 0 Å². The lowest BCUT2D eigenvalue weighted by Gasteiger charge is -2.27. The number of aromatic nitrogens is 1. The number of oxazole rings is 1. The van der Waals surface area contributed by atoms with E-state index >= 15 is 0 Å². The van der Waals surface area contributed by atoms with Crippen molar-refractivity contribution < 1.29 is 9.21 Å². The molecule has 2 heterocycles. The highest BCUT2D eigenvalue weighted by Crippen LogP contribution is 2.15. The fourth-order valence-electron chi connectivity index (χ4n) is 2.38. The van der Waals surface area contributed by atoms with E-state index in [1.807, 2.05) is 23.1 Å². The summed E-state index contributed by atoms with van der Waals surface area (Å²) >= 11 is 0. The second kappa shape index (κ2) is 5.40. The van der Waals surface area contributed by atoms with Gasteiger partial charge in [0.2, 0.25) is 5.91 Å². The Kier molecular flexibility index (Phi) is 3.46. The molecule has 1 aliphatic heterocycles. The van der Waals surface area contributed by atoms with Gasteiger partial charge in [0, 0.05) is 32.6 Å². The molecule has 5 nitrogen and oxygen atoms in total. The van der Waals surface area contributed by atoms with E-state index in [1.54, 1.807) is 0 Å². The van der Waals surface area contributed by atoms with E-state index in [4.69, 9.17) is 4.42 Å². The third-order valence-electron chi connectivity index (χ3n) is 3.49. The number of carbonyl (C=O) groups is 1. The number of carbonyl (C=O) groups excluding carboxylic acids is 1. The predicted octanol–water partition coefficient (Wildman–Crippen LogP) is 1.19. The highest BCUT2D eigenvalue weighted by molar-refractivity contribution is 5.77. The molecular weight excluding hydrogens is 242 g/mol. The van der Waals surface area contributed by atoms with Gasteiger partial charge in [-0.25, -0.2) is 4.98 Å². The van der Waals surface area contributed by atoms with E-state index in [0.29, 0.717) is 6.42 Å². The number of hydrogen-bond acceptors (Lipinski definition) is 4. The van der Waals surface area contributed by atoms with E-state index in [0.717, 1.165) is 49.3 Å². The van der Waals surface area contributed by atoms with Crippen molar-refractivity contribution in [1.29, 1.82) is 0 Å². The molecule has 0 bridgehead atoms. The number of fused-ring (bicyclic) bond motifs is 1. The number of nitrogens with zero attached hydrogens (tertiary/aromatic N) is 2. The number of nitrogens with one attached hydrogen (secondary N) is 1. The Labute approximate surface area is 111 Å². The number of rotatable bonds is 3. The second-order valence-electron chi connectivity index (χ2n) is 4.79. The van der Waals surface area contributed by atoms with Crippen molar-refractivity contribution in [1.82, 2.24) is 15.2 Å². The normalized spacial score (nSPS) is 15.9. The molecule has 0 spiro atoms. The van der Waals surface area contributed by atoms with Gasteiger partial charge in [0.15, 0.2) is 12.0 Å². The molecule has 0 atom stereocenters. The van der Waals surface area contributed by atoms with Crippen LogP contribution in [-0.4, -0.2) is 42.0 Å². The SMILES string of the molecule is O=C(CCc1ccc2ncoc2c1)N1CCNCC1.